The molecule has 0 fully saturated rings. The Bertz CT molecular complexity index is 71.4. The molecule has 0 saturated heterocycles. The summed E-state index contributed by atoms with van der Waals surface area (Å²) >= 11 is 0. The summed E-state index contributed by atoms with van der Waals surface area (Å²) in [6, 6.07) is 0. The second-order valence-electron chi connectivity index (χ2n) is 3.01. The highest BCUT2D eigenvalue weighted by molar-refractivity contribution is 7.75. The summed E-state index contributed by atoms with van der Waals surface area (Å²) < 4.78 is 0. The van der Waals surface area contributed by atoms with E-state index >= 15 is 0 Å². The van der Waals surface area contributed by atoms with Gasteiger partial charge in [-0.3, -0.25) is 0 Å². The van der Waals surface area contributed by atoms with Crippen LogP contribution < -0.4 is 17.0 Å². The van der Waals surface area contributed by atoms with Crippen molar-refractivity contribution in [1.29, 1.82) is 0 Å². The molecule has 11 heavy (non-hydrogen) atoms. The summed E-state index contributed by atoms with van der Waals surface area (Å²) in [4.78, 5) is 0. The molecule has 0 spiro atoms. The van der Waals surface area contributed by atoms with Crippen molar-refractivity contribution in [2.75, 3.05) is 24.6 Å². The van der Waals surface area contributed by atoms with Crippen LogP contribution in [-0.2, 0) is 0 Å². The van der Waals surface area contributed by atoms with Gasteiger partial charge in [0.1, 0.15) is 0 Å². The van der Waals surface area contributed by atoms with Crippen molar-refractivity contribution < 1.29 is 17.0 Å². The first kappa shape index (κ1) is 14.4. The van der Waals surface area contributed by atoms with E-state index in [1.807, 2.05) is 0 Å². The molecule has 0 bridgehead atoms. The summed E-state index contributed by atoms with van der Waals surface area (Å²) in [6.45, 7) is 9.43. The second kappa shape index (κ2) is 7.55. The van der Waals surface area contributed by atoms with E-state index < -0.39 is 7.26 Å². The van der Waals surface area contributed by atoms with Crippen LogP contribution >= 0.6 is 7.26 Å². The number of hydrogen-bond donors (Lipinski definition) is 0. The van der Waals surface area contributed by atoms with Gasteiger partial charge in [-0.15, -0.1) is 0 Å². The molecule has 0 atom stereocenters. The highest BCUT2D eigenvalue weighted by Crippen LogP contribution is 2.57. The minimum absolute atomic E-state index is 0. The summed E-state index contributed by atoms with van der Waals surface area (Å²) in [6.07, 6.45) is 7.31. The van der Waals surface area contributed by atoms with Gasteiger partial charge in [0, 0.05) is 7.26 Å². The van der Waals surface area contributed by atoms with Gasteiger partial charge in [-0.05, 0) is 27.2 Å². The maximum absolute atomic E-state index is 2.37. The molecule has 2 heteroatoms. The lowest BCUT2D eigenvalue weighted by Crippen LogP contribution is -3.00. The van der Waals surface area contributed by atoms with Crippen molar-refractivity contribution in [3.05, 3.63) is 0 Å². The summed E-state index contributed by atoms with van der Waals surface area (Å²) in [5, 5.41) is 0. The topological polar surface area (TPSA) is 0 Å². The molecular formula is C9H22BrP. The molecular weight excluding hydrogens is 219 g/mol. The average molecular weight is 241 g/mol. The Hall–Kier alpha value is 0.910. The van der Waals surface area contributed by atoms with Crippen molar-refractivity contribution in [2.45, 2.75) is 34.1 Å². The standard InChI is InChI=1S/C9H22P.BrH/c1-5-9-10(6-2,7-3)8-4;/h5-9H2,1-4H3;1H/q+1;/p-1. The van der Waals surface area contributed by atoms with Crippen LogP contribution in [-0.4, -0.2) is 24.6 Å². The second-order valence-corrected chi connectivity index (χ2v) is 8.04. The fraction of sp³-hybridized carbons (Fsp3) is 1.00. The third-order valence-electron chi connectivity index (χ3n) is 2.71. The molecule has 0 rings (SSSR count). The lowest BCUT2D eigenvalue weighted by Gasteiger charge is -2.22. The fourth-order valence-corrected chi connectivity index (χ4v) is 4.86. The van der Waals surface area contributed by atoms with Crippen molar-refractivity contribution in [1.82, 2.24) is 0 Å². The minimum atomic E-state index is -0.439. The predicted molar refractivity (Wildman–Crippen MR) is 53.7 cm³/mol. The maximum Gasteiger partial charge on any atom is 0.0591 e. The van der Waals surface area contributed by atoms with Crippen LogP contribution in [0.25, 0.3) is 0 Å². The molecule has 70 valence electrons. The molecule has 0 aliphatic rings. The van der Waals surface area contributed by atoms with Gasteiger partial charge in [0.2, 0.25) is 0 Å². The predicted octanol–water partition coefficient (Wildman–Crippen LogP) is 0.478. The third kappa shape index (κ3) is 4.48. The molecule has 0 heterocycles. The summed E-state index contributed by atoms with van der Waals surface area (Å²) in [5.74, 6) is 0. The Kier molecular flexibility index (Phi) is 9.91. The van der Waals surface area contributed by atoms with E-state index in [-0.39, 0.29) is 17.0 Å². The monoisotopic (exact) mass is 240 g/mol. The lowest BCUT2D eigenvalue weighted by molar-refractivity contribution is -0.00000245. The zero-order valence-electron chi connectivity index (χ0n) is 8.36. The molecule has 0 aromatic carbocycles. The zero-order valence-corrected chi connectivity index (χ0v) is 10.8. The molecule has 0 saturated carbocycles. The molecule has 0 aromatic rings. The molecule has 0 amide bonds. The van der Waals surface area contributed by atoms with Crippen LogP contribution in [0.15, 0.2) is 0 Å². The third-order valence-corrected chi connectivity index (χ3v) is 8.13. The van der Waals surface area contributed by atoms with Crippen LogP contribution in [0.5, 0.6) is 0 Å². The number of rotatable bonds is 5. The van der Waals surface area contributed by atoms with E-state index in [1.165, 1.54) is 31.1 Å². The summed E-state index contributed by atoms with van der Waals surface area (Å²) in [5.41, 5.74) is 0. The normalized spacial score (nSPS) is 10.9. The zero-order chi connectivity index (χ0) is 8.04. The fourth-order valence-electron chi connectivity index (χ4n) is 1.62. The van der Waals surface area contributed by atoms with Crippen molar-refractivity contribution in [2.24, 2.45) is 0 Å². The molecule has 0 aliphatic heterocycles. The first-order valence-corrected chi connectivity index (χ1v) is 7.12. The van der Waals surface area contributed by atoms with Crippen LogP contribution in [0.1, 0.15) is 34.1 Å². The van der Waals surface area contributed by atoms with E-state index in [9.17, 15) is 0 Å². The van der Waals surface area contributed by atoms with Gasteiger partial charge in [0.15, 0.2) is 0 Å². The Morgan fingerprint density at radius 3 is 1.27 bits per heavy atom. The van der Waals surface area contributed by atoms with Gasteiger partial charge in [0.05, 0.1) is 24.6 Å². The minimum Gasteiger partial charge on any atom is -1.00 e. The first-order valence-electron chi connectivity index (χ1n) is 4.59. The molecule has 0 nitrogen and oxygen atoms in total. The van der Waals surface area contributed by atoms with E-state index in [1.54, 1.807) is 0 Å². The van der Waals surface area contributed by atoms with E-state index in [0.717, 1.165) is 0 Å². The number of halogens is 1. The van der Waals surface area contributed by atoms with Gasteiger partial charge < -0.3 is 17.0 Å². The van der Waals surface area contributed by atoms with Crippen LogP contribution in [0.2, 0.25) is 0 Å². The maximum atomic E-state index is 2.37. The molecule has 0 radical (unpaired) electrons. The molecule has 0 aromatic heterocycles. The molecule has 0 N–H and O–H groups in total. The number of hydrogen-bond acceptors (Lipinski definition) is 0. The van der Waals surface area contributed by atoms with Crippen molar-refractivity contribution >= 4 is 7.26 Å². The first-order chi connectivity index (χ1) is 4.74. The van der Waals surface area contributed by atoms with E-state index in [0.29, 0.717) is 0 Å². The van der Waals surface area contributed by atoms with Crippen molar-refractivity contribution in [3.63, 3.8) is 0 Å². The van der Waals surface area contributed by atoms with E-state index in [2.05, 4.69) is 27.7 Å². The Labute approximate surface area is 83.3 Å². The highest BCUT2D eigenvalue weighted by atomic mass is 79.9. The van der Waals surface area contributed by atoms with Gasteiger partial charge in [-0.25, -0.2) is 0 Å². The molecule has 0 unspecified atom stereocenters. The van der Waals surface area contributed by atoms with Gasteiger partial charge in [-0.1, -0.05) is 6.92 Å². The SMILES string of the molecule is CCC[P+](CC)(CC)CC.[Br-]. The van der Waals surface area contributed by atoms with E-state index in [4.69, 9.17) is 0 Å². The smallest absolute Gasteiger partial charge is 0.0591 e. The van der Waals surface area contributed by atoms with Crippen LogP contribution in [0, 0.1) is 0 Å². The largest absolute Gasteiger partial charge is 1.00 e. The Balaban J connectivity index is 0. The lowest BCUT2D eigenvalue weighted by atomic mass is 10.6. The Morgan fingerprint density at radius 1 is 0.818 bits per heavy atom. The highest BCUT2D eigenvalue weighted by Gasteiger charge is 2.28. The Morgan fingerprint density at radius 2 is 1.18 bits per heavy atom. The van der Waals surface area contributed by atoms with Crippen molar-refractivity contribution in [3.8, 4) is 0 Å². The van der Waals surface area contributed by atoms with Gasteiger partial charge in [0.25, 0.3) is 0 Å². The average Bonchev–Trinajstić information content (AvgIpc) is 2.01. The van der Waals surface area contributed by atoms with Gasteiger partial charge in [-0.2, -0.15) is 0 Å². The van der Waals surface area contributed by atoms with Gasteiger partial charge >= 0.3 is 0 Å². The summed E-state index contributed by atoms with van der Waals surface area (Å²) in [7, 11) is -0.439. The van der Waals surface area contributed by atoms with Crippen LogP contribution in [0.4, 0.5) is 0 Å². The van der Waals surface area contributed by atoms with Crippen LogP contribution in [0.3, 0.4) is 0 Å². The quantitative estimate of drug-likeness (QED) is 0.614. The molecule has 0 aliphatic carbocycles.